The quantitative estimate of drug-likeness (QED) is 0.726. The summed E-state index contributed by atoms with van der Waals surface area (Å²) in [4.78, 5) is 0. The molecule has 0 atom stereocenters. The van der Waals surface area contributed by atoms with Gasteiger partial charge >= 0.3 is 0 Å². The number of allylic oxidation sites excluding steroid dienone is 4. The molecule has 0 amide bonds. The second kappa shape index (κ2) is 5.33. The Morgan fingerprint density at radius 1 is 0.778 bits per heavy atom. The van der Waals surface area contributed by atoms with Crippen LogP contribution >= 0.6 is 7.92 Å². The van der Waals surface area contributed by atoms with Crippen molar-refractivity contribution in [3.05, 3.63) is 84.2 Å². The lowest BCUT2D eigenvalue weighted by atomic mass is 10.4. The normalized spacial score (nSPS) is 13.9. The van der Waals surface area contributed by atoms with E-state index in [-0.39, 0.29) is 0 Å². The van der Waals surface area contributed by atoms with Crippen LogP contribution in [-0.2, 0) is 0 Å². The molecule has 3 rings (SSSR count). The fourth-order valence-electron chi connectivity index (χ4n) is 2.13. The average molecular weight is 249 g/mol. The van der Waals surface area contributed by atoms with E-state index >= 15 is 0 Å². The van der Waals surface area contributed by atoms with Gasteiger partial charge in [0.05, 0.1) is 0 Å². The summed E-state index contributed by atoms with van der Waals surface area (Å²) in [6.07, 6.45) is 8.86. The molecule has 0 unspecified atom stereocenters. The maximum absolute atomic E-state index is 3.49. The predicted octanol–water partition coefficient (Wildman–Crippen LogP) is 3.77. The first-order valence-electron chi connectivity index (χ1n) is 6.13. The first-order chi connectivity index (χ1) is 8.95. The molecule has 0 aromatic heterocycles. The summed E-state index contributed by atoms with van der Waals surface area (Å²) in [5.41, 5.74) is 0. The third-order valence-corrected chi connectivity index (χ3v) is 5.36. The van der Waals surface area contributed by atoms with E-state index in [2.05, 4.69) is 78.9 Å². The first-order valence-corrected chi connectivity index (χ1v) is 7.47. The number of benzene rings is 2. The summed E-state index contributed by atoms with van der Waals surface area (Å²) in [5, 5.41) is 4.14. The summed E-state index contributed by atoms with van der Waals surface area (Å²) in [6.45, 7) is 0. The van der Waals surface area contributed by atoms with Crippen LogP contribution in [0.2, 0.25) is 0 Å². The molecule has 18 heavy (non-hydrogen) atoms. The summed E-state index contributed by atoms with van der Waals surface area (Å²) >= 11 is 0. The molecule has 0 saturated carbocycles. The van der Waals surface area contributed by atoms with Crippen molar-refractivity contribution in [2.24, 2.45) is 0 Å². The molecule has 87 valence electrons. The van der Waals surface area contributed by atoms with Gasteiger partial charge in [-0.25, -0.2) is 0 Å². The smallest absolute Gasteiger partial charge is 0.00844 e. The molecule has 1 aliphatic carbocycles. The zero-order valence-electron chi connectivity index (χ0n) is 10.1. The van der Waals surface area contributed by atoms with Crippen molar-refractivity contribution in [2.45, 2.75) is 6.42 Å². The maximum Gasteiger partial charge on any atom is -0.00844 e. The lowest BCUT2D eigenvalue weighted by molar-refractivity contribution is 1.39. The van der Waals surface area contributed by atoms with Gasteiger partial charge in [-0.1, -0.05) is 72.8 Å². The van der Waals surface area contributed by atoms with Crippen molar-refractivity contribution in [2.75, 3.05) is 0 Å². The topological polar surface area (TPSA) is 0 Å². The molecule has 0 saturated heterocycles. The molecule has 0 heterocycles. The van der Waals surface area contributed by atoms with Crippen LogP contribution in [0.4, 0.5) is 0 Å². The van der Waals surface area contributed by atoms with Crippen LogP contribution in [-0.4, -0.2) is 0 Å². The Balaban J connectivity index is 2.07. The van der Waals surface area contributed by atoms with E-state index in [9.17, 15) is 0 Å². The fraction of sp³-hybridized carbons (Fsp3) is 0.0588. The third-order valence-electron chi connectivity index (χ3n) is 2.95. The van der Waals surface area contributed by atoms with Gasteiger partial charge in [-0.3, -0.25) is 0 Å². The van der Waals surface area contributed by atoms with Crippen LogP contribution < -0.4 is 10.6 Å². The summed E-state index contributed by atoms with van der Waals surface area (Å²) < 4.78 is 0. The molecule has 0 N–H and O–H groups in total. The van der Waals surface area contributed by atoms with Gasteiger partial charge in [-0.2, -0.15) is 0 Å². The average Bonchev–Trinajstić information content (AvgIpc) is 2.95. The van der Waals surface area contributed by atoms with E-state index in [1.165, 1.54) is 15.9 Å². The monoisotopic (exact) mass is 249 g/mol. The molecule has 1 aliphatic rings. The van der Waals surface area contributed by atoms with Crippen LogP contribution in [0.25, 0.3) is 0 Å². The van der Waals surface area contributed by atoms with Gasteiger partial charge in [0.15, 0.2) is 0 Å². The van der Waals surface area contributed by atoms with E-state index in [0.717, 1.165) is 6.42 Å². The molecule has 0 nitrogen and oxygen atoms in total. The van der Waals surface area contributed by atoms with Crippen molar-refractivity contribution in [1.82, 2.24) is 0 Å². The second-order valence-electron chi connectivity index (χ2n) is 4.18. The molecule has 0 aliphatic heterocycles. The van der Waals surface area contributed by atoms with Gasteiger partial charge < -0.3 is 0 Å². The highest BCUT2D eigenvalue weighted by atomic mass is 31.1. The van der Waals surface area contributed by atoms with E-state index in [0.29, 0.717) is 0 Å². The third kappa shape index (κ3) is 2.30. The van der Waals surface area contributed by atoms with Crippen molar-refractivity contribution in [3.63, 3.8) is 0 Å². The minimum Gasteiger partial charge on any atom is -0.0794 e. The van der Waals surface area contributed by atoms with Crippen LogP contribution in [0.5, 0.6) is 0 Å². The minimum absolute atomic E-state index is 0.433. The van der Waals surface area contributed by atoms with E-state index in [1.807, 2.05) is 0 Å². The zero-order valence-corrected chi connectivity index (χ0v) is 11.0. The van der Waals surface area contributed by atoms with E-state index in [4.69, 9.17) is 0 Å². The Labute approximate surface area is 109 Å². The second-order valence-corrected chi connectivity index (χ2v) is 6.36. The van der Waals surface area contributed by atoms with Crippen molar-refractivity contribution in [3.8, 4) is 0 Å². The first kappa shape index (κ1) is 11.4. The largest absolute Gasteiger partial charge is 0.0794 e. The van der Waals surface area contributed by atoms with Gasteiger partial charge in [0.2, 0.25) is 0 Å². The van der Waals surface area contributed by atoms with Crippen molar-refractivity contribution < 1.29 is 0 Å². The fourth-order valence-corrected chi connectivity index (χ4v) is 4.43. The van der Waals surface area contributed by atoms with E-state index < -0.39 is 7.92 Å². The molecular weight excluding hydrogens is 235 g/mol. The maximum atomic E-state index is 3.49. The Bertz CT molecular complexity index is 528. The van der Waals surface area contributed by atoms with Crippen LogP contribution in [0, 0.1) is 6.08 Å². The highest BCUT2D eigenvalue weighted by molar-refractivity contribution is 7.77. The molecular formula is C17H14P. The van der Waals surface area contributed by atoms with Gasteiger partial charge in [0, 0.05) is 0 Å². The molecule has 2 aromatic rings. The number of hydrogen-bond acceptors (Lipinski definition) is 0. The van der Waals surface area contributed by atoms with Gasteiger partial charge in [-0.05, 0) is 36.3 Å². The molecule has 2 aromatic carbocycles. The Hall–Kier alpha value is -1.65. The molecule has 0 spiro atoms. The van der Waals surface area contributed by atoms with Gasteiger partial charge in [0.25, 0.3) is 0 Å². The Morgan fingerprint density at radius 2 is 1.33 bits per heavy atom. The minimum atomic E-state index is -0.433. The number of rotatable bonds is 3. The Kier molecular flexibility index (Phi) is 3.39. The zero-order chi connectivity index (χ0) is 12.2. The molecule has 0 bridgehead atoms. The standard InChI is InChI=1S/C17H14P/c1-3-9-15(10-4-1)18(17-13-7-8-14-17)16-11-5-2-6-12-16/h1-7,9-13H,8H2. The molecule has 0 fully saturated rings. The molecule has 1 radical (unpaired) electrons. The number of hydrogen-bond donors (Lipinski definition) is 0. The van der Waals surface area contributed by atoms with Crippen molar-refractivity contribution in [1.29, 1.82) is 0 Å². The summed E-state index contributed by atoms with van der Waals surface area (Å²) in [7, 11) is -0.433. The lowest BCUT2D eigenvalue weighted by Gasteiger charge is -2.18. The summed E-state index contributed by atoms with van der Waals surface area (Å²) in [5.74, 6) is 0. The Morgan fingerprint density at radius 3 is 1.78 bits per heavy atom. The molecule has 1 heteroatoms. The van der Waals surface area contributed by atoms with Crippen LogP contribution in [0.15, 0.2) is 78.1 Å². The highest BCUT2D eigenvalue weighted by Crippen LogP contribution is 2.44. The predicted molar refractivity (Wildman–Crippen MR) is 79.6 cm³/mol. The lowest BCUT2D eigenvalue weighted by Crippen LogP contribution is -2.11. The van der Waals surface area contributed by atoms with E-state index in [1.54, 1.807) is 0 Å². The van der Waals surface area contributed by atoms with Crippen LogP contribution in [0.3, 0.4) is 0 Å². The van der Waals surface area contributed by atoms with Crippen molar-refractivity contribution >= 4 is 18.5 Å². The van der Waals surface area contributed by atoms with Gasteiger partial charge in [-0.15, -0.1) is 0 Å². The van der Waals surface area contributed by atoms with Gasteiger partial charge in [0.1, 0.15) is 0 Å². The van der Waals surface area contributed by atoms with Crippen LogP contribution in [0.1, 0.15) is 6.42 Å². The SMILES string of the molecule is [C]1=C(P(c2ccccc2)c2ccccc2)C=CC1. The summed E-state index contributed by atoms with van der Waals surface area (Å²) in [6, 6.07) is 21.5. The highest BCUT2D eigenvalue weighted by Gasteiger charge is 2.17.